The lowest BCUT2D eigenvalue weighted by Gasteiger charge is -2.06. The number of aryl methyl sites for hydroxylation is 1. The smallest absolute Gasteiger partial charge is 0.0417 e. The molecule has 0 saturated heterocycles. The quantitative estimate of drug-likeness (QED) is 0.619. The van der Waals surface area contributed by atoms with Crippen molar-refractivity contribution in [3.8, 4) is 0 Å². The number of rotatable bonds is 5. The fraction of sp³-hybridized carbons (Fsp3) is 0.200. The summed E-state index contributed by atoms with van der Waals surface area (Å²) in [5.41, 5.74) is 2.46. The first kappa shape index (κ1) is 13.3. The highest BCUT2D eigenvalue weighted by molar-refractivity contribution is 7.99. The van der Waals surface area contributed by atoms with Crippen LogP contribution in [0.5, 0.6) is 0 Å². The van der Waals surface area contributed by atoms with E-state index in [0.29, 0.717) is 0 Å². The van der Waals surface area contributed by atoms with Gasteiger partial charge in [-0.05, 0) is 37.3 Å². The van der Waals surface area contributed by atoms with Crippen LogP contribution in [-0.2, 0) is 0 Å². The maximum atomic E-state index is 5.94. The third-order valence-electron chi connectivity index (χ3n) is 2.55. The fourth-order valence-corrected chi connectivity index (χ4v) is 2.67. The third-order valence-corrected chi connectivity index (χ3v) is 3.78. The average Bonchev–Trinajstić information content (AvgIpc) is 2.37. The van der Waals surface area contributed by atoms with Crippen molar-refractivity contribution in [2.75, 3.05) is 17.6 Å². The minimum atomic E-state index is 0.798. The third kappa shape index (κ3) is 4.28. The molecular weight excluding hydrogens is 262 g/mol. The molecule has 0 atom stereocenters. The van der Waals surface area contributed by atoms with E-state index in [0.717, 1.165) is 17.3 Å². The van der Waals surface area contributed by atoms with Gasteiger partial charge in [0.2, 0.25) is 0 Å². The second-order valence-electron chi connectivity index (χ2n) is 4.10. The van der Waals surface area contributed by atoms with Crippen molar-refractivity contribution in [2.45, 2.75) is 11.8 Å². The molecule has 0 aliphatic heterocycles. The molecule has 18 heavy (non-hydrogen) atoms. The number of nitrogens with one attached hydrogen (secondary N) is 1. The first-order valence-corrected chi connectivity index (χ1v) is 7.29. The van der Waals surface area contributed by atoms with Crippen molar-refractivity contribution in [3.63, 3.8) is 0 Å². The van der Waals surface area contributed by atoms with Crippen LogP contribution >= 0.6 is 23.4 Å². The SMILES string of the molecule is Cc1ccc(NCCSc2cccc(Cl)c2)cc1. The van der Waals surface area contributed by atoms with Crippen molar-refractivity contribution in [1.29, 1.82) is 0 Å². The highest BCUT2D eigenvalue weighted by Crippen LogP contribution is 2.21. The average molecular weight is 278 g/mol. The van der Waals surface area contributed by atoms with E-state index in [2.05, 4.69) is 42.6 Å². The van der Waals surface area contributed by atoms with E-state index in [4.69, 9.17) is 11.6 Å². The Hall–Kier alpha value is -1.12. The Balaban J connectivity index is 1.74. The highest BCUT2D eigenvalue weighted by Gasteiger charge is 1.96. The number of halogens is 1. The van der Waals surface area contributed by atoms with Crippen molar-refractivity contribution in [1.82, 2.24) is 0 Å². The number of anilines is 1. The van der Waals surface area contributed by atoms with E-state index < -0.39 is 0 Å². The summed E-state index contributed by atoms with van der Waals surface area (Å²) in [6.45, 7) is 3.04. The maximum absolute atomic E-state index is 5.94. The van der Waals surface area contributed by atoms with Gasteiger partial charge >= 0.3 is 0 Å². The van der Waals surface area contributed by atoms with Crippen LogP contribution < -0.4 is 5.32 Å². The summed E-state index contributed by atoms with van der Waals surface area (Å²) < 4.78 is 0. The van der Waals surface area contributed by atoms with Crippen LogP contribution in [0.15, 0.2) is 53.4 Å². The monoisotopic (exact) mass is 277 g/mol. The summed E-state index contributed by atoms with van der Waals surface area (Å²) in [6.07, 6.45) is 0. The fourth-order valence-electron chi connectivity index (χ4n) is 1.59. The predicted octanol–water partition coefficient (Wildman–Crippen LogP) is 4.85. The molecule has 0 aliphatic rings. The van der Waals surface area contributed by atoms with Gasteiger partial charge in [-0.25, -0.2) is 0 Å². The van der Waals surface area contributed by atoms with E-state index in [9.17, 15) is 0 Å². The Morgan fingerprint density at radius 3 is 2.61 bits per heavy atom. The Morgan fingerprint density at radius 1 is 1.11 bits per heavy atom. The van der Waals surface area contributed by atoms with Crippen LogP contribution in [0.2, 0.25) is 5.02 Å². The molecule has 0 fully saturated rings. The van der Waals surface area contributed by atoms with Crippen molar-refractivity contribution in [3.05, 3.63) is 59.1 Å². The van der Waals surface area contributed by atoms with E-state index in [-0.39, 0.29) is 0 Å². The Bertz CT molecular complexity index is 496. The lowest BCUT2D eigenvalue weighted by Crippen LogP contribution is -2.03. The molecule has 0 radical (unpaired) electrons. The van der Waals surface area contributed by atoms with Crippen LogP contribution in [0, 0.1) is 6.92 Å². The molecule has 0 spiro atoms. The van der Waals surface area contributed by atoms with Gasteiger partial charge in [-0.3, -0.25) is 0 Å². The molecule has 0 amide bonds. The molecular formula is C15H16ClNS. The second-order valence-corrected chi connectivity index (χ2v) is 5.70. The van der Waals surface area contributed by atoms with Crippen LogP contribution in [-0.4, -0.2) is 12.3 Å². The Morgan fingerprint density at radius 2 is 1.89 bits per heavy atom. The molecule has 0 unspecified atom stereocenters. The van der Waals surface area contributed by atoms with Gasteiger partial charge in [0, 0.05) is 27.9 Å². The zero-order chi connectivity index (χ0) is 12.8. The van der Waals surface area contributed by atoms with Gasteiger partial charge in [-0.2, -0.15) is 0 Å². The van der Waals surface area contributed by atoms with Gasteiger partial charge in [0.1, 0.15) is 0 Å². The molecule has 2 rings (SSSR count). The predicted molar refractivity (Wildman–Crippen MR) is 81.8 cm³/mol. The number of thioether (sulfide) groups is 1. The minimum Gasteiger partial charge on any atom is -0.384 e. The van der Waals surface area contributed by atoms with Crippen molar-refractivity contribution < 1.29 is 0 Å². The van der Waals surface area contributed by atoms with E-state index in [1.54, 1.807) is 0 Å². The van der Waals surface area contributed by atoms with Crippen LogP contribution in [0.4, 0.5) is 5.69 Å². The topological polar surface area (TPSA) is 12.0 Å². The standard InChI is InChI=1S/C15H16ClNS/c1-12-5-7-14(8-6-12)17-9-10-18-15-4-2-3-13(16)11-15/h2-8,11,17H,9-10H2,1H3. The van der Waals surface area contributed by atoms with Crippen LogP contribution in [0.25, 0.3) is 0 Å². The number of benzene rings is 2. The summed E-state index contributed by atoms with van der Waals surface area (Å²) in [6, 6.07) is 16.4. The van der Waals surface area contributed by atoms with Gasteiger partial charge in [0.05, 0.1) is 0 Å². The van der Waals surface area contributed by atoms with E-state index in [1.165, 1.54) is 16.1 Å². The number of hydrogen-bond donors (Lipinski definition) is 1. The molecule has 0 heterocycles. The molecule has 94 valence electrons. The maximum Gasteiger partial charge on any atom is 0.0417 e. The summed E-state index contributed by atoms with van der Waals surface area (Å²) in [4.78, 5) is 1.22. The molecule has 2 aromatic rings. The molecule has 3 heteroatoms. The lowest BCUT2D eigenvalue weighted by molar-refractivity contribution is 1.22. The van der Waals surface area contributed by atoms with Crippen LogP contribution in [0.3, 0.4) is 0 Å². The molecule has 2 aromatic carbocycles. The first-order chi connectivity index (χ1) is 8.74. The summed E-state index contributed by atoms with van der Waals surface area (Å²) >= 11 is 7.75. The molecule has 1 nitrogen and oxygen atoms in total. The van der Waals surface area contributed by atoms with E-state index in [1.807, 2.05) is 30.0 Å². The minimum absolute atomic E-state index is 0.798. The van der Waals surface area contributed by atoms with Crippen molar-refractivity contribution >= 4 is 29.1 Å². The lowest BCUT2D eigenvalue weighted by atomic mass is 10.2. The Labute approximate surface area is 118 Å². The van der Waals surface area contributed by atoms with E-state index >= 15 is 0 Å². The zero-order valence-electron chi connectivity index (χ0n) is 10.3. The molecule has 0 saturated carbocycles. The summed E-state index contributed by atoms with van der Waals surface area (Å²) in [5.74, 6) is 1.02. The number of hydrogen-bond acceptors (Lipinski definition) is 2. The largest absolute Gasteiger partial charge is 0.384 e. The molecule has 0 bridgehead atoms. The highest BCUT2D eigenvalue weighted by atomic mass is 35.5. The molecule has 0 aliphatic carbocycles. The molecule has 1 N–H and O–H groups in total. The second kappa shape index (κ2) is 6.72. The van der Waals surface area contributed by atoms with Gasteiger partial charge in [-0.1, -0.05) is 35.4 Å². The summed E-state index contributed by atoms with van der Waals surface area (Å²) in [7, 11) is 0. The van der Waals surface area contributed by atoms with Gasteiger partial charge in [0.15, 0.2) is 0 Å². The Kier molecular flexibility index (Phi) is 4.97. The van der Waals surface area contributed by atoms with Gasteiger partial charge in [0.25, 0.3) is 0 Å². The van der Waals surface area contributed by atoms with Crippen molar-refractivity contribution in [2.24, 2.45) is 0 Å². The van der Waals surface area contributed by atoms with Crippen LogP contribution in [0.1, 0.15) is 5.56 Å². The van der Waals surface area contributed by atoms with Gasteiger partial charge < -0.3 is 5.32 Å². The normalized spacial score (nSPS) is 10.3. The zero-order valence-corrected chi connectivity index (χ0v) is 11.9. The summed E-state index contributed by atoms with van der Waals surface area (Å²) in [5, 5.41) is 4.20. The first-order valence-electron chi connectivity index (χ1n) is 5.93. The molecule has 0 aromatic heterocycles. The van der Waals surface area contributed by atoms with Gasteiger partial charge in [-0.15, -0.1) is 11.8 Å².